The molecule has 33 heavy (non-hydrogen) atoms. The van der Waals surface area contributed by atoms with Gasteiger partial charge in [0.1, 0.15) is 35.8 Å². The number of ether oxygens (including phenoxy) is 2. The first kappa shape index (κ1) is 19.8. The van der Waals surface area contributed by atoms with E-state index in [2.05, 4.69) is 15.4 Å². The summed E-state index contributed by atoms with van der Waals surface area (Å²) in [6.45, 7) is 0. The third-order valence-corrected chi connectivity index (χ3v) is 6.22. The van der Waals surface area contributed by atoms with E-state index in [-0.39, 0.29) is 11.9 Å². The number of fused-ring (bicyclic) bond motifs is 3. The van der Waals surface area contributed by atoms with Gasteiger partial charge in [-0.1, -0.05) is 35.9 Å². The molecule has 2 aliphatic heterocycles. The lowest BCUT2D eigenvalue weighted by atomic mass is 9.84. The number of halogens is 2. The fourth-order valence-electron chi connectivity index (χ4n) is 4.46. The van der Waals surface area contributed by atoms with Crippen LogP contribution in [0.15, 0.2) is 78.6 Å². The second kappa shape index (κ2) is 7.64. The van der Waals surface area contributed by atoms with Gasteiger partial charge in [-0.3, -0.25) is 0 Å². The summed E-state index contributed by atoms with van der Waals surface area (Å²) in [5, 5.41) is 8.52. The molecule has 3 heterocycles. The zero-order valence-corrected chi connectivity index (χ0v) is 18.3. The zero-order chi connectivity index (χ0) is 22.5. The van der Waals surface area contributed by atoms with Gasteiger partial charge in [-0.05, 0) is 53.6 Å². The fraction of sp³-hybridized carbons (Fsp3) is 0.120. The number of rotatable bonds is 3. The highest BCUT2D eigenvalue weighted by molar-refractivity contribution is 6.30. The minimum Gasteiger partial charge on any atom is -0.497 e. The van der Waals surface area contributed by atoms with Gasteiger partial charge in [0.2, 0.25) is 5.95 Å². The predicted octanol–water partition coefficient (Wildman–Crippen LogP) is 5.64. The van der Waals surface area contributed by atoms with Crippen molar-refractivity contribution in [3.05, 3.63) is 106 Å². The maximum absolute atomic E-state index is 13.7. The van der Waals surface area contributed by atoms with Crippen LogP contribution in [0, 0.1) is 5.82 Å². The Balaban J connectivity index is 1.61. The molecule has 0 spiro atoms. The lowest BCUT2D eigenvalue weighted by Gasteiger charge is -2.39. The van der Waals surface area contributed by atoms with Crippen molar-refractivity contribution in [2.45, 2.75) is 12.1 Å². The summed E-state index contributed by atoms with van der Waals surface area (Å²) in [5.41, 5.74) is 4.43. The minimum atomic E-state index is -0.480. The quantitative estimate of drug-likeness (QED) is 0.428. The second-order valence-corrected chi connectivity index (χ2v) is 8.29. The van der Waals surface area contributed by atoms with Crippen molar-refractivity contribution in [3.8, 4) is 11.5 Å². The number of nitrogens with zero attached hydrogens (tertiary/aromatic N) is 3. The van der Waals surface area contributed by atoms with E-state index < -0.39 is 6.10 Å². The third kappa shape index (κ3) is 3.24. The maximum Gasteiger partial charge on any atom is 0.226 e. The van der Waals surface area contributed by atoms with Gasteiger partial charge in [0.15, 0.2) is 0 Å². The number of hydrogen-bond acceptors (Lipinski definition) is 5. The molecular weight excluding hydrogens is 443 g/mol. The van der Waals surface area contributed by atoms with Gasteiger partial charge in [0, 0.05) is 16.2 Å². The van der Waals surface area contributed by atoms with Crippen LogP contribution in [-0.2, 0) is 0 Å². The fourth-order valence-corrected chi connectivity index (χ4v) is 4.63. The first-order chi connectivity index (χ1) is 16.1. The summed E-state index contributed by atoms with van der Waals surface area (Å²) in [6, 6.07) is 19.4. The van der Waals surface area contributed by atoms with Gasteiger partial charge in [0.25, 0.3) is 0 Å². The largest absolute Gasteiger partial charge is 0.497 e. The normalized spacial score (nSPS) is 18.5. The van der Waals surface area contributed by atoms with Crippen LogP contribution in [0.4, 0.5) is 10.3 Å². The van der Waals surface area contributed by atoms with Crippen molar-refractivity contribution in [1.82, 2.24) is 14.8 Å². The van der Waals surface area contributed by atoms with Crippen LogP contribution in [0.2, 0.25) is 5.02 Å². The van der Waals surface area contributed by atoms with Crippen molar-refractivity contribution in [2.24, 2.45) is 0 Å². The topological polar surface area (TPSA) is 61.2 Å². The van der Waals surface area contributed by atoms with Crippen LogP contribution in [0.3, 0.4) is 0 Å². The van der Waals surface area contributed by atoms with Crippen molar-refractivity contribution in [3.63, 3.8) is 0 Å². The van der Waals surface area contributed by atoms with Gasteiger partial charge in [-0.15, -0.1) is 0 Å². The highest BCUT2D eigenvalue weighted by Gasteiger charge is 2.41. The monoisotopic (exact) mass is 460 g/mol. The molecule has 2 atom stereocenters. The number of benzene rings is 3. The molecule has 0 amide bonds. The van der Waals surface area contributed by atoms with E-state index in [4.69, 9.17) is 21.1 Å². The van der Waals surface area contributed by atoms with Gasteiger partial charge < -0.3 is 14.8 Å². The lowest BCUT2D eigenvalue weighted by Crippen LogP contribution is -2.32. The first-order valence-corrected chi connectivity index (χ1v) is 10.8. The van der Waals surface area contributed by atoms with Crippen LogP contribution in [0.25, 0.3) is 5.70 Å². The first-order valence-electron chi connectivity index (χ1n) is 10.4. The van der Waals surface area contributed by atoms with E-state index in [9.17, 15) is 4.39 Å². The Kier molecular flexibility index (Phi) is 4.58. The third-order valence-electron chi connectivity index (χ3n) is 5.98. The highest BCUT2D eigenvalue weighted by atomic mass is 35.5. The smallest absolute Gasteiger partial charge is 0.226 e. The molecule has 6 rings (SSSR count). The van der Waals surface area contributed by atoms with Crippen molar-refractivity contribution >= 4 is 23.2 Å². The molecule has 0 saturated heterocycles. The van der Waals surface area contributed by atoms with Gasteiger partial charge >= 0.3 is 0 Å². The number of methoxy groups -OCH3 is 1. The Bertz CT molecular complexity index is 1380. The Hall–Kier alpha value is -3.84. The minimum absolute atomic E-state index is 0.303. The predicted molar refractivity (Wildman–Crippen MR) is 123 cm³/mol. The molecular formula is C25H18ClFN4O2. The standard InChI is InChI=1S/C25H18ClFN4O2/c1-32-18-9-4-14(5-10-18)23-21-22(30-25-28-13-29-31(23)25)19-12-16(26)6-11-20(19)33-24(21)15-2-7-17(27)8-3-15/h2-13,23-24H,1H3,(H,28,29,30)/t23-,24+/m1/s1. The van der Waals surface area contributed by atoms with Crippen molar-refractivity contribution in [1.29, 1.82) is 0 Å². The molecule has 0 radical (unpaired) electrons. The van der Waals surface area contributed by atoms with Crippen molar-refractivity contribution in [2.75, 3.05) is 12.4 Å². The number of hydrogen-bond donors (Lipinski definition) is 1. The summed E-state index contributed by atoms with van der Waals surface area (Å²) >= 11 is 6.35. The number of anilines is 1. The molecule has 0 unspecified atom stereocenters. The highest BCUT2D eigenvalue weighted by Crippen LogP contribution is 2.51. The molecule has 0 fully saturated rings. The summed E-state index contributed by atoms with van der Waals surface area (Å²) < 4.78 is 27.4. The van der Waals surface area contributed by atoms with E-state index in [1.807, 2.05) is 41.1 Å². The Morgan fingerprint density at radius 2 is 1.79 bits per heavy atom. The number of aromatic nitrogens is 3. The van der Waals surface area contributed by atoms with Crippen LogP contribution in [0.1, 0.15) is 28.8 Å². The molecule has 0 saturated carbocycles. The summed E-state index contributed by atoms with van der Waals surface area (Å²) in [6.07, 6.45) is 1.04. The van der Waals surface area contributed by atoms with E-state index >= 15 is 0 Å². The molecule has 2 aliphatic rings. The van der Waals surface area contributed by atoms with Crippen LogP contribution < -0.4 is 14.8 Å². The Morgan fingerprint density at radius 1 is 1.03 bits per heavy atom. The summed E-state index contributed by atoms with van der Waals surface area (Å²) in [4.78, 5) is 4.42. The molecule has 4 aromatic rings. The van der Waals surface area contributed by atoms with Gasteiger partial charge in [-0.2, -0.15) is 10.1 Å². The second-order valence-electron chi connectivity index (χ2n) is 7.85. The maximum atomic E-state index is 13.7. The molecule has 1 N–H and O–H groups in total. The van der Waals surface area contributed by atoms with Crippen molar-refractivity contribution < 1.29 is 13.9 Å². The average Bonchev–Trinajstić information content (AvgIpc) is 3.31. The molecule has 1 aromatic heterocycles. The van der Waals surface area contributed by atoms with Crippen LogP contribution in [-0.4, -0.2) is 21.9 Å². The molecule has 3 aromatic carbocycles. The van der Waals surface area contributed by atoms with Gasteiger partial charge in [-0.25, -0.2) is 9.07 Å². The molecule has 6 nitrogen and oxygen atoms in total. The van der Waals surface area contributed by atoms with Gasteiger partial charge in [0.05, 0.1) is 12.8 Å². The van der Waals surface area contributed by atoms with E-state index in [1.54, 1.807) is 25.3 Å². The van der Waals surface area contributed by atoms with E-state index in [0.717, 1.165) is 33.7 Å². The molecule has 0 bridgehead atoms. The lowest BCUT2D eigenvalue weighted by molar-refractivity contribution is 0.223. The molecule has 0 aliphatic carbocycles. The van der Waals surface area contributed by atoms with Crippen LogP contribution in [0.5, 0.6) is 11.5 Å². The zero-order valence-electron chi connectivity index (χ0n) is 17.5. The summed E-state index contributed by atoms with van der Waals surface area (Å²) in [7, 11) is 1.63. The van der Waals surface area contributed by atoms with E-state index in [0.29, 0.717) is 16.7 Å². The average molecular weight is 461 g/mol. The van der Waals surface area contributed by atoms with Crippen LogP contribution >= 0.6 is 11.6 Å². The van der Waals surface area contributed by atoms with E-state index in [1.165, 1.54) is 18.5 Å². The summed E-state index contributed by atoms with van der Waals surface area (Å²) in [5.74, 6) is 1.75. The molecule has 164 valence electrons. The SMILES string of the molecule is COc1ccc([C@@H]2C3=C(Nc4ncnn42)c2cc(Cl)ccc2O[C@H]3c2ccc(F)cc2)cc1. The molecule has 8 heteroatoms. The Morgan fingerprint density at radius 3 is 2.55 bits per heavy atom. The number of nitrogens with one attached hydrogen (secondary N) is 1. The Labute approximate surface area is 194 Å².